The monoisotopic (exact) mass is 148 g/mol. The summed E-state index contributed by atoms with van der Waals surface area (Å²) in [4.78, 5) is 0. The molecule has 2 rings (SSSR count). The summed E-state index contributed by atoms with van der Waals surface area (Å²) in [6.45, 7) is 0. The molecule has 56 valence electrons. The van der Waals surface area contributed by atoms with Gasteiger partial charge in [-0.3, -0.25) is 5.21 Å². The minimum Gasteiger partial charge on any atom is -0.267 e. The van der Waals surface area contributed by atoms with E-state index < -0.39 is 0 Å². The Morgan fingerprint density at radius 1 is 1.36 bits per heavy atom. The third kappa shape index (κ3) is 0.991. The van der Waals surface area contributed by atoms with Gasteiger partial charge in [0.05, 0.1) is 5.69 Å². The summed E-state index contributed by atoms with van der Waals surface area (Å²) in [5.41, 5.74) is 1.88. The lowest BCUT2D eigenvalue weighted by atomic mass is 10.1. The number of hydrogen-bond donors (Lipinski definition) is 1. The van der Waals surface area contributed by atoms with Gasteiger partial charge in [0.15, 0.2) is 0 Å². The highest BCUT2D eigenvalue weighted by molar-refractivity contribution is 5.71. The molecule has 1 aromatic carbocycles. The van der Waals surface area contributed by atoms with Crippen LogP contribution in [0, 0.1) is 0 Å². The number of nitrogens with zero attached hydrogens (tertiary/aromatic N) is 2. The van der Waals surface area contributed by atoms with Crippen molar-refractivity contribution in [3.05, 3.63) is 29.8 Å². The van der Waals surface area contributed by atoms with Gasteiger partial charge in [0.1, 0.15) is 0 Å². The molecule has 0 aromatic heterocycles. The largest absolute Gasteiger partial charge is 0.267 e. The van der Waals surface area contributed by atoms with E-state index in [4.69, 9.17) is 0 Å². The molecule has 1 aromatic rings. The quantitative estimate of drug-likeness (QED) is 0.604. The number of hydrogen-bond acceptors (Lipinski definition) is 3. The number of benzene rings is 1. The fourth-order valence-corrected chi connectivity index (χ4v) is 1.16. The standard InChI is InChI=1S/C8H8N2O/c11-10-8-4-2-1-3-7(8)5-6-9-10/h1-4,6,11H,5H2. The summed E-state index contributed by atoms with van der Waals surface area (Å²) in [6, 6.07) is 7.64. The molecule has 1 aliphatic rings. The van der Waals surface area contributed by atoms with E-state index in [1.165, 1.54) is 0 Å². The normalized spacial score (nSPS) is 14.8. The highest BCUT2D eigenvalue weighted by Crippen LogP contribution is 2.21. The first-order chi connectivity index (χ1) is 5.38. The molecule has 1 heterocycles. The molecule has 1 aliphatic heterocycles. The van der Waals surface area contributed by atoms with Gasteiger partial charge >= 0.3 is 0 Å². The minimum atomic E-state index is 0.773. The predicted molar refractivity (Wildman–Crippen MR) is 42.9 cm³/mol. The van der Waals surface area contributed by atoms with Crippen LogP contribution in [0.3, 0.4) is 0 Å². The molecule has 0 aliphatic carbocycles. The molecule has 11 heavy (non-hydrogen) atoms. The summed E-state index contributed by atoms with van der Waals surface area (Å²) in [5.74, 6) is 0. The van der Waals surface area contributed by atoms with E-state index in [9.17, 15) is 5.21 Å². The zero-order valence-electron chi connectivity index (χ0n) is 5.94. The fourth-order valence-electron chi connectivity index (χ4n) is 1.16. The number of fused-ring (bicyclic) bond motifs is 1. The first kappa shape index (κ1) is 6.37. The summed E-state index contributed by atoms with van der Waals surface area (Å²) < 4.78 is 0. The van der Waals surface area contributed by atoms with E-state index in [0.717, 1.165) is 22.8 Å². The van der Waals surface area contributed by atoms with Crippen molar-refractivity contribution in [3.8, 4) is 0 Å². The third-order valence-corrected chi connectivity index (χ3v) is 1.71. The molecule has 0 saturated carbocycles. The van der Waals surface area contributed by atoms with Gasteiger partial charge in [0.25, 0.3) is 0 Å². The smallest absolute Gasteiger partial charge is 0.0934 e. The Hall–Kier alpha value is -1.35. The third-order valence-electron chi connectivity index (χ3n) is 1.71. The number of rotatable bonds is 0. The van der Waals surface area contributed by atoms with E-state index in [0.29, 0.717) is 0 Å². The lowest BCUT2D eigenvalue weighted by Crippen LogP contribution is -2.16. The zero-order chi connectivity index (χ0) is 7.68. The summed E-state index contributed by atoms with van der Waals surface area (Å²) in [7, 11) is 0. The summed E-state index contributed by atoms with van der Waals surface area (Å²) >= 11 is 0. The molecule has 0 saturated heterocycles. The Balaban J connectivity index is 2.50. The van der Waals surface area contributed by atoms with Gasteiger partial charge in [-0.25, -0.2) is 0 Å². The number of hydrazone groups is 1. The van der Waals surface area contributed by atoms with E-state index in [1.54, 1.807) is 6.21 Å². The molecule has 0 unspecified atom stereocenters. The Labute approximate surface area is 64.5 Å². The Morgan fingerprint density at radius 2 is 2.18 bits per heavy atom. The molecule has 0 fully saturated rings. The van der Waals surface area contributed by atoms with Crippen LogP contribution in [-0.4, -0.2) is 11.4 Å². The Kier molecular flexibility index (Phi) is 1.36. The van der Waals surface area contributed by atoms with Crippen molar-refractivity contribution in [1.82, 2.24) is 0 Å². The lowest BCUT2D eigenvalue weighted by Gasteiger charge is -2.17. The van der Waals surface area contributed by atoms with Crippen molar-refractivity contribution in [2.24, 2.45) is 5.10 Å². The maximum Gasteiger partial charge on any atom is 0.0934 e. The van der Waals surface area contributed by atoms with Gasteiger partial charge in [0.2, 0.25) is 0 Å². The van der Waals surface area contributed by atoms with Gasteiger partial charge in [0, 0.05) is 12.6 Å². The highest BCUT2D eigenvalue weighted by Gasteiger charge is 2.09. The van der Waals surface area contributed by atoms with E-state index in [-0.39, 0.29) is 0 Å². The fraction of sp³-hybridized carbons (Fsp3) is 0.125. The van der Waals surface area contributed by atoms with Crippen molar-refractivity contribution in [2.45, 2.75) is 6.42 Å². The van der Waals surface area contributed by atoms with Crippen molar-refractivity contribution in [2.75, 3.05) is 5.17 Å². The van der Waals surface area contributed by atoms with Crippen LogP contribution in [0.25, 0.3) is 0 Å². The average molecular weight is 148 g/mol. The van der Waals surface area contributed by atoms with E-state index >= 15 is 0 Å². The molecular formula is C8H8N2O. The average Bonchev–Trinajstić information content (AvgIpc) is 2.06. The van der Waals surface area contributed by atoms with Crippen molar-refractivity contribution >= 4 is 11.9 Å². The van der Waals surface area contributed by atoms with Crippen molar-refractivity contribution in [1.29, 1.82) is 0 Å². The molecule has 0 atom stereocenters. The molecule has 0 bridgehead atoms. The van der Waals surface area contributed by atoms with E-state index in [1.807, 2.05) is 24.3 Å². The van der Waals surface area contributed by atoms with Crippen molar-refractivity contribution in [3.63, 3.8) is 0 Å². The Morgan fingerprint density at radius 3 is 3.00 bits per heavy atom. The van der Waals surface area contributed by atoms with Gasteiger partial charge in [-0.15, -0.1) is 5.17 Å². The second kappa shape index (κ2) is 2.36. The molecule has 0 radical (unpaired) electrons. The molecule has 0 spiro atoms. The van der Waals surface area contributed by atoms with Gasteiger partial charge in [-0.05, 0) is 11.6 Å². The van der Waals surface area contributed by atoms with Crippen LogP contribution in [0.5, 0.6) is 0 Å². The highest BCUT2D eigenvalue weighted by atomic mass is 16.5. The maximum atomic E-state index is 9.20. The molecular weight excluding hydrogens is 140 g/mol. The number of para-hydroxylation sites is 1. The lowest BCUT2D eigenvalue weighted by molar-refractivity contribution is 0.258. The van der Waals surface area contributed by atoms with Crippen LogP contribution in [0.2, 0.25) is 0 Å². The number of anilines is 1. The SMILES string of the molecule is ON1N=CCc2ccccc21. The van der Waals surface area contributed by atoms with Gasteiger partial charge in [-0.1, -0.05) is 18.2 Å². The van der Waals surface area contributed by atoms with Crippen LogP contribution in [0.4, 0.5) is 5.69 Å². The summed E-state index contributed by atoms with van der Waals surface area (Å²) in [5, 5.41) is 13.8. The van der Waals surface area contributed by atoms with Crippen LogP contribution in [0.15, 0.2) is 29.4 Å². The second-order valence-electron chi connectivity index (χ2n) is 2.42. The maximum absolute atomic E-state index is 9.20. The van der Waals surface area contributed by atoms with Crippen LogP contribution in [-0.2, 0) is 6.42 Å². The molecule has 3 nitrogen and oxygen atoms in total. The molecule has 0 amide bonds. The predicted octanol–water partition coefficient (Wildman–Crippen LogP) is 1.42. The first-order valence-electron chi connectivity index (χ1n) is 3.47. The van der Waals surface area contributed by atoms with Crippen LogP contribution in [0.1, 0.15) is 5.56 Å². The summed E-state index contributed by atoms with van der Waals surface area (Å²) in [6.07, 6.45) is 2.48. The minimum absolute atomic E-state index is 0.773. The zero-order valence-corrected chi connectivity index (χ0v) is 5.94. The topological polar surface area (TPSA) is 35.8 Å². The molecule has 1 N–H and O–H groups in total. The van der Waals surface area contributed by atoms with Gasteiger partial charge < -0.3 is 0 Å². The Bertz CT molecular complexity index is 296. The first-order valence-corrected chi connectivity index (χ1v) is 3.47. The van der Waals surface area contributed by atoms with Crippen LogP contribution >= 0.6 is 0 Å². The molecule has 3 heteroatoms. The van der Waals surface area contributed by atoms with Crippen molar-refractivity contribution < 1.29 is 5.21 Å². The van der Waals surface area contributed by atoms with Gasteiger partial charge in [-0.2, -0.15) is 5.10 Å². The van der Waals surface area contributed by atoms with Crippen LogP contribution < -0.4 is 5.17 Å². The van der Waals surface area contributed by atoms with E-state index in [2.05, 4.69) is 5.10 Å². The second-order valence-corrected chi connectivity index (χ2v) is 2.42.